The lowest BCUT2D eigenvalue weighted by molar-refractivity contribution is -0.137. The highest BCUT2D eigenvalue weighted by atomic mass is 32.2. The van der Waals surface area contributed by atoms with E-state index in [0.29, 0.717) is 51.3 Å². The van der Waals surface area contributed by atoms with Crippen molar-refractivity contribution in [3.63, 3.8) is 0 Å². The first-order valence-electron chi connectivity index (χ1n) is 12.9. The molecule has 0 saturated carbocycles. The summed E-state index contributed by atoms with van der Waals surface area (Å²) < 4.78 is 29.7. The number of aryl methyl sites for hydroxylation is 2. The minimum Gasteiger partial charge on any atom is -0.337 e. The molecule has 4 rings (SSSR count). The van der Waals surface area contributed by atoms with E-state index >= 15 is 0 Å². The summed E-state index contributed by atoms with van der Waals surface area (Å²) in [6.45, 7) is 6.85. The molecule has 3 heterocycles. The maximum absolute atomic E-state index is 13.9. The average Bonchev–Trinajstić information content (AvgIpc) is 3.21. The summed E-state index contributed by atoms with van der Waals surface area (Å²) in [7, 11) is -0.0202. The second kappa shape index (κ2) is 11.3. The van der Waals surface area contributed by atoms with Gasteiger partial charge in [-0.05, 0) is 51.4 Å². The van der Waals surface area contributed by atoms with Crippen LogP contribution < -0.4 is 4.90 Å². The monoisotopic (exact) mass is 530 g/mol. The Labute approximate surface area is 219 Å². The van der Waals surface area contributed by atoms with E-state index in [1.807, 2.05) is 36.2 Å². The van der Waals surface area contributed by atoms with E-state index in [0.717, 1.165) is 24.2 Å². The fourth-order valence-electron chi connectivity index (χ4n) is 5.32. The fraction of sp³-hybridized carbons (Fsp3) is 0.577. The van der Waals surface area contributed by atoms with Crippen molar-refractivity contribution in [1.29, 1.82) is 0 Å². The van der Waals surface area contributed by atoms with Crippen molar-refractivity contribution in [1.82, 2.24) is 23.9 Å². The van der Waals surface area contributed by atoms with E-state index in [1.54, 1.807) is 25.8 Å². The average molecular weight is 531 g/mol. The van der Waals surface area contributed by atoms with E-state index in [1.165, 1.54) is 15.2 Å². The van der Waals surface area contributed by atoms with E-state index in [-0.39, 0.29) is 23.3 Å². The molecule has 2 amide bonds. The van der Waals surface area contributed by atoms with Gasteiger partial charge in [0.05, 0.1) is 11.6 Å². The van der Waals surface area contributed by atoms with Crippen LogP contribution in [-0.4, -0.2) is 90.4 Å². The summed E-state index contributed by atoms with van der Waals surface area (Å²) in [5, 5.41) is 4.19. The smallest absolute Gasteiger partial charge is 0.246 e. The summed E-state index contributed by atoms with van der Waals surface area (Å²) in [5.41, 5.74) is 2.21. The van der Waals surface area contributed by atoms with E-state index < -0.39 is 15.9 Å². The Morgan fingerprint density at radius 2 is 1.76 bits per heavy atom. The fourth-order valence-corrected chi connectivity index (χ4v) is 7.04. The molecule has 1 unspecified atom stereocenters. The Hall–Kier alpha value is -2.76. The van der Waals surface area contributed by atoms with E-state index in [9.17, 15) is 18.0 Å². The Balaban J connectivity index is 1.59. The summed E-state index contributed by atoms with van der Waals surface area (Å²) in [6, 6.07) is 7.75. The van der Waals surface area contributed by atoms with Crippen molar-refractivity contribution < 1.29 is 18.0 Å². The minimum atomic E-state index is -3.74. The standard InChI is InChI=1S/C26H38N6O4S/c1-20-25(19-29(4)27-20)37(35,36)31-13-7-10-23(18-31)26(34)30-16-15-28(3)12-8-14-32(21(2)33)24-11-6-5-9-22(24)17-30/h5-6,9,11,19,23H,7-8,10,12-18H2,1-4H3. The van der Waals surface area contributed by atoms with Gasteiger partial charge in [0.1, 0.15) is 4.90 Å². The molecule has 10 nitrogen and oxygen atoms in total. The van der Waals surface area contributed by atoms with Crippen molar-refractivity contribution in [2.24, 2.45) is 13.0 Å². The molecule has 0 radical (unpaired) electrons. The molecule has 1 saturated heterocycles. The van der Waals surface area contributed by atoms with Gasteiger partial charge in [0, 0.05) is 65.1 Å². The molecule has 202 valence electrons. The number of hydrogen-bond donors (Lipinski definition) is 0. The van der Waals surface area contributed by atoms with Crippen molar-refractivity contribution >= 4 is 27.5 Å². The molecule has 2 aliphatic heterocycles. The zero-order chi connectivity index (χ0) is 26.7. The zero-order valence-corrected chi connectivity index (χ0v) is 23.1. The van der Waals surface area contributed by atoms with Gasteiger partial charge in [-0.15, -0.1) is 0 Å². The molecule has 1 aromatic heterocycles. The number of carbonyl (C=O) groups is 2. The number of amides is 2. The molecule has 1 atom stereocenters. The maximum atomic E-state index is 13.9. The molecule has 11 heteroatoms. The lowest BCUT2D eigenvalue weighted by Crippen LogP contribution is -2.47. The molecule has 2 aliphatic rings. The highest BCUT2D eigenvalue weighted by Gasteiger charge is 2.36. The number of likely N-dealkylation sites (N-methyl/N-ethyl adjacent to an activating group) is 1. The molecule has 0 bridgehead atoms. The first-order chi connectivity index (χ1) is 17.6. The zero-order valence-electron chi connectivity index (χ0n) is 22.3. The van der Waals surface area contributed by atoms with Crippen LogP contribution in [0.1, 0.15) is 37.4 Å². The number of sulfonamides is 1. The molecular weight excluding hydrogens is 492 g/mol. The third-order valence-electron chi connectivity index (χ3n) is 7.33. The van der Waals surface area contributed by atoms with Crippen molar-refractivity contribution in [3.05, 3.63) is 41.7 Å². The predicted octanol–water partition coefficient (Wildman–Crippen LogP) is 1.85. The lowest BCUT2D eigenvalue weighted by Gasteiger charge is -2.35. The summed E-state index contributed by atoms with van der Waals surface area (Å²) >= 11 is 0. The number of fused-ring (bicyclic) bond motifs is 1. The van der Waals surface area contributed by atoms with Crippen LogP contribution in [0.5, 0.6) is 0 Å². The number of benzene rings is 1. The number of carbonyl (C=O) groups excluding carboxylic acids is 2. The van der Waals surface area contributed by atoms with Crippen LogP contribution in [0.2, 0.25) is 0 Å². The van der Waals surface area contributed by atoms with Crippen LogP contribution in [0.25, 0.3) is 0 Å². The Morgan fingerprint density at radius 1 is 1.00 bits per heavy atom. The van der Waals surface area contributed by atoms with Gasteiger partial charge in [-0.25, -0.2) is 8.42 Å². The van der Waals surface area contributed by atoms with Crippen LogP contribution in [0, 0.1) is 12.8 Å². The third kappa shape index (κ3) is 6.05. The Bertz CT molecular complexity index is 1240. The molecule has 37 heavy (non-hydrogen) atoms. The number of aromatic nitrogens is 2. The number of rotatable bonds is 3. The van der Waals surface area contributed by atoms with Gasteiger partial charge in [-0.3, -0.25) is 14.3 Å². The van der Waals surface area contributed by atoms with Crippen LogP contribution in [-0.2, 0) is 33.2 Å². The molecular formula is C26H38N6O4S. The van der Waals surface area contributed by atoms with E-state index in [4.69, 9.17) is 0 Å². The van der Waals surface area contributed by atoms with Crippen molar-refractivity contribution in [2.45, 2.75) is 44.6 Å². The molecule has 0 aliphatic carbocycles. The number of anilines is 1. The molecule has 1 fully saturated rings. The van der Waals surface area contributed by atoms with Gasteiger partial charge in [0.25, 0.3) is 0 Å². The minimum absolute atomic E-state index is 0.0222. The van der Waals surface area contributed by atoms with Gasteiger partial charge in [-0.2, -0.15) is 9.40 Å². The van der Waals surface area contributed by atoms with E-state index in [2.05, 4.69) is 10.00 Å². The van der Waals surface area contributed by atoms with Crippen LogP contribution in [0.4, 0.5) is 5.69 Å². The molecule has 1 aromatic carbocycles. The highest BCUT2D eigenvalue weighted by Crippen LogP contribution is 2.28. The topological polar surface area (TPSA) is 99.1 Å². The Kier molecular flexibility index (Phi) is 8.35. The second-order valence-electron chi connectivity index (χ2n) is 10.2. The van der Waals surface area contributed by atoms with Gasteiger partial charge >= 0.3 is 0 Å². The first-order valence-corrected chi connectivity index (χ1v) is 14.4. The summed E-state index contributed by atoms with van der Waals surface area (Å²) in [5.74, 6) is -0.488. The largest absolute Gasteiger partial charge is 0.337 e. The summed E-state index contributed by atoms with van der Waals surface area (Å²) in [4.78, 5) is 32.4. The summed E-state index contributed by atoms with van der Waals surface area (Å²) in [6.07, 6.45) is 3.63. The van der Waals surface area contributed by atoms with Gasteiger partial charge in [-0.1, -0.05) is 18.2 Å². The maximum Gasteiger partial charge on any atom is 0.246 e. The lowest BCUT2D eigenvalue weighted by atomic mass is 9.97. The number of hydrogen-bond acceptors (Lipinski definition) is 6. The van der Waals surface area contributed by atoms with Crippen LogP contribution >= 0.6 is 0 Å². The third-order valence-corrected chi connectivity index (χ3v) is 9.30. The predicted molar refractivity (Wildman–Crippen MR) is 141 cm³/mol. The second-order valence-corrected chi connectivity index (χ2v) is 12.1. The van der Waals surface area contributed by atoms with Crippen LogP contribution in [0.15, 0.2) is 35.4 Å². The SMILES string of the molecule is CC(=O)N1CCCN(C)CCN(C(=O)C2CCCN(S(=O)(=O)c3cn(C)nc3C)C2)Cc2ccccc21. The van der Waals surface area contributed by atoms with Gasteiger partial charge in [0.15, 0.2) is 0 Å². The number of para-hydroxylation sites is 1. The van der Waals surface area contributed by atoms with Crippen LogP contribution in [0.3, 0.4) is 0 Å². The molecule has 0 spiro atoms. The normalized spacial score (nSPS) is 20.8. The molecule has 0 N–H and O–H groups in total. The van der Waals surface area contributed by atoms with Gasteiger partial charge in [0.2, 0.25) is 21.8 Å². The molecule has 2 aromatic rings. The van der Waals surface area contributed by atoms with Crippen molar-refractivity contribution in [3.8, 4) is 0 Å². The quantitative estimate of drug-likeness (QED) is 0.601. The van der Waals surface area contributed by atoms with Gasteiger partial charge < -0.3 is 14.7 Å². The number of piperidine rings is 1. The number of nitrogens with zero attached hydrogens (tertiary/aromatic N) is 6. The van der Waals surface area contributed by atoms with Crippen molar-refractivity contribution in [2.75, 3.05) is 51.2 Å². The highest BCUT2D eigenvalue weighted by molar-refractivity contribution is 7.89. The Morgan fingerprint density at radius 3 is 2.46 bits per heavy atom. The first kappa shape index (κ1) is 27.3.